The molecule has 1 saturated carbocycles. The van der Waals surface area contributed by atoms with Crippen molar-refractivity contribution in [2.75, 3.05) is 7.11 Å². The van der Waals surface area contributed by atoms with Crippen molar-refractivity contribution in [2.24, 2.45) is 11.7 Å². The van der Waals surface area contributed by atoms with Crippen molar-refractivity contribution in [1.82, 2.24) is 0 Å². The summed E-state index contributed by atoms with van der Waals surface area (Å²) in [7, 11) is 1.67. The molecule has 3 nitrogen and oxygen atoms in total. The van der Waals surface area contributed by atoms with E-state index in [1.165, 1.54) is 38.5 Å². The second kappa shape index (κ2) is 6.95. The van der Waals surface area contributed by atoms with E-state index in [9.17, 15) is 0 Å². The molecule has 1 aliphatic rings. The maximum atomic E-state index is 6.25. The molecule has 0 radical (unpaired) electrons. The third-order valence-electron chi connectivity index (χ3n) is 3.90. The minimum absolute atomic E-state index is 0.0405. The van der Waals surface area contributed by atoms with Gasteiger partial charge in [-0.05, 0) is 24.5 Å². The summed E-state index contributed by atoms with van der Waals surface area (Å²) < 4.78 is 10.8. The molecule has 1 aromatic rings. The molecule has 0 bridgehead atoms. The Morgan fingerprint density at radius 2 is 2.00 bits per heavy atom. The van der Waals surface area contributed by atoms with Gasteiger partial charge in [0.15, 0.2) is 0 Å². The van der Waals surface area contributed by atoms with Crippen LogP contribution in [0.25, 0.3) is 0 Å². The first kappa shape index (κ1) is 13.6. The molecule has 18 heavy (non-hydrogen) atoms. The maximum Gasteiger partial charge on any atom is 0.129 e. The zero-order valence-corrected chi connectivity index (χ0v) is 11.4. The van der Waals surface area contributed by atoms with Gasteiger partial charge < -0.3 is 14.9 Å². The van der Waals surface area contributed by atoms with Crippen LogP contribution < -0.4 is 5.73 Å². The van der Waals surface area contributed by atoms with Crippen molar-refractivity contribution in [3.8, 4) is 0 Å². The summed E-state index contributed by atoms with van der Waals surface area (Å²) in [5.74, 6) is 2.55. The highest BCUT2D eigenvalue weighted by Gasteiger charge is 2.19. The van der Waals surface area contributed by atoms with Crippen LogP contribution in [0.2, 0.25) is 0 Å². The van der Waals surface area contributed by atoms with Gasteiger partial charge in [-0.2, -0.15) is 0 Å². The largest absolute Gasteiger partial charge is 0.462 e. The molecule has 102 valence electrons. The van der Waals surface area contributed by atoms with E-state index in [0.717, 1.165) is 23.9 Å². The smallest absolute Gasteiger partial charge is 0.129 e. The number of rotatable bonds is 5. The Morgan fingerprint density at radius 1 is 1.28 bits per heavy atom. The van der Waals surface area contributed by atoms with Gasteiger partial charge in [0.2, 0.25) is 0 Å². The van der Waals surface area contributed by atoms with E-state index < -0.39 is 0 Å². The molecule has 0 aliphatic heterocycles. The molecule has 0 aromatic carbocycles. The molecule has 1 heterocycles. The Kier molecular flexibility index (Phi) is 5.26. The van der Waals surface area contributed by atoms with Gasteiger partial charge >= 0.3 is 0 Å². The van der Waals surface area contributed by atoms with Gasteiger partial charge in [-0.3, -0.25) is 0 Å². The fourth-order valence-corrected chi connectivity index (χ4v) is 2.89. The maximum absolute atomic E-state index is 6.25. The summed E-state index contributed by atoms with van der Waals surface area (Å²) in [6.07, 6.45) is 9.24. The second-order valence-corrected chi connectivity index (χ2v) is 5.44. The molecule has 0 saturated heterocycles. The first-order valence-corrected chi connectivity index (χ1v) is 7.12. The predicted molar refractivity (Wildman–Crippen MR) is 72.2 cm³/mol. The van der Waals surface area contributed by atoms with Gasteiger partial charge in [-0.15, -0.1) is 0 Å². The van der Waals surface area contributed by atoms with E-state index in [-0.39, 0.29) is 6.04 Å². The minimum Gasteiger partial charge on any atom is -0.462 e. The zero-order valence-electron chi connectivity index (χ0n) is 11.4. The predicted octanol–water partition coefficient (Wildman–Crippen LogP) is 3.79. The van der Waals surface area contributed by atoms with E-state index in [0.29, 0.717) is 6.61 Å². The summed E-state index contributed by atoms with van der Waals surface area (Å²) in [4.78, 5) is 0. The van der Waals surface area contributed by atoms with Crippen LogP contribution in [-0.4, -0.2) is 7.11 Å². The molecule has 1 atom stereocenters. The van der Waals surface area contributed by atoms with E-state index in [2.05, 4.69) is 0 Å². The molecule has 1 unspecified atom stereocenters. The van der Waals surface area contributed by atoms with Crippen LogP contribution in [-0.2, 0) is 11.3 Å². The topological polar surface area (TPSA) is 48.4 Å². The summed E-state index contributed by atoms with van der Waals surface area (Å²) in [6, 6.07) is 4.00. The highest BCUT2D eigenvalue weighted by molar-refractivity contribution is 5.10. The van der Waals surface area contributed by atoms with Gasteiger partial charge in [0, 0.05) is 7.11 Å². The van der Waals surface area contributed by atoms with Crippen molar-refractivity contribution in [3.05, 3.63) is 23.7 Å². The van der Waals surface area contributed by atoms with Crippen molar-refractivity contribution >= 4 is 0 Å². The van der Waals surface area contributed by atoms with Crippen molar-refractivity contribution in [2.45, 2.75) is 57.6 Å². The quantitative estimate of drug-likeness (QED) is 0.810. The number of furan rings is 1. The lowest BCUT2D eigenvalue weighted by Crippen LogP contribution is -2.14. The van der Waals surface area contributed by atoms with Crippen LogP contribution in [0, 0.1) is 5.92 Å². The Labute approximate surface area is 110 Å². The Morgan fingerprint density at radius 3 is 2.67 bits per heavy atom. The molecule has 1 aromatic heterocycles. The number of hydrogen-bond acceptors (Lipinski definition) is 3. The van der Waals surface area contributed by atoms with E-state index >= 15 is 0 Å². The van der Waals surface area contributed by atoms with E-state index in [1.54, 1.807) is 7.11 Å². The van der Waals surface area contributed by atoms with Crippen molar-refractivity contribution in [3.63, 3.8) is 0 Å². The standard InChI is InChI=1S/C15H25NO2/c1-17-11-13-8-9-15(18-13)14(16)10-12-6-4-2-3-5-7-12/h8-9,12,14H,2-7,10-11,16H2,1H3. The molecule has 0 amide bonds. The Balaban J connectivity index is 1.87. The van der Waals surface area contributed by atoms with Crippen molar-refractivity contribution < 1.29 is 9.15 Å². The molecule has 1 fully saturated rings. The van der Waals surface area contributed by atoms with Gasteiger partial charge in [-0.25, -0.2) is 0 Å². The van der Waals surface area contributed by atoms with Crippen LogP contribution in [0.3, 0.4) is 0 Å². The van der Waals surface area contributed by atoms with Crippen LogP contribution in [0.5, 0.6) is 0 Å². The molecule has 2 rings (SSSR count). The molecule has 2 N–H and O–H groups in total. The van der Waals surface area contributed by atoms with E-state index in [4.69, 9.17) is 14.9 Å². The summed E-state index contributed by atoms with van der Waals surface area (Å²) in [5, 5.41) is 0. The molecular weight excluding hydrogens is 226 g/mol. The lowest BCUT2D eigenvalue weighted by atomic mass is 9.92. The SMILES string of the molecule is COCc1ccc(C(N)CC2CCCCCC2)o1. The second-order valence-electron chi connectivity index (χ2n) is 5.44. The van der Waals surface area contributed by atoms with Gasteiger partial charge in [-0.1, -0.05) is 38.5 Å². The van der Waals surface area contributed by atoms with Crippen molar-refractivity contribution in [1.29, 1.82) is 0 Å². The average Bonchev–Trinajstić information content (AvgIpc) is 2.67. The first-order valence-electron chi connectivity index (χ1n) is 7.12. The van der Waals surface area contributed by atoms with Crippen LogP contribution in [0.4, 0.5) is 0 Å². The summed E-state index contributed by atoms with van der Waals surface area (Å²) in [5.41, 5.74) is 6.25. The molecule has 3 heteroatoms. The molecule has 0 spiro atoms. The van der Waals surface area contributed by atoms with Gasteiger partial charge in [0.05, 0.1) is 6.04 Å². The van der Waals surface area contributed by atoms with Crippen LogP contribution in [0.15, 0.2) is 16.5 Å². The van der Waals surface area contributed by atoms with Gasteiger partial charge in [0.1, 0.15) is 18.1 Å². The summed E-state index contributed by atoms with van der Waals surface area (Å²) >= 11 is 0. The number of methoxy groups -OCH3 is 1. The summed E-state index contributed by atoms with van der Waals surface area (Å²) in [6.45, 7) is 0.524. The fraction of sp³-hybridized carbons (Fsp3) is 0.733. The molecule has 1 aliphatic carbocycles. The minimum atomic E-state index is 0.0405. The van der Waals surface area contributed by atoms with Gasteiger partial charge in [0.25, 0.3) is 0 Å². The first-order chi connectivity index (χ1) is 8.79. The zero-order chi connectivity index (χ0) is 12.8. The third-order valence-corrected chi connectivity index (χ3v) is 3.90. The third kappa shape index (κ3) is 3.85. The highest BCUT2D eigenvalue weighted by atomic mass is 16.5. The number of ether oxygens (including phenoxy) is 1. The average molecular weight is 251 g/mol. The van der Waals surface area contributed by atoms with E-state index in [1.807, 2.05) is 12.1 Å². The lowest BCUT2D eigenvalue weighted by Gasteiger charge is -2.17. The Hall–Kier alpha value is -0.800. The lowest BCUT2D eigenvalue weighted by molar-refractivity contribution is 0.161. The highest BCUT2D eigenvalue weighted by Crippen LogP contribution is 2.30. The number of nitrogens with two attached hydrogens (primary N) is 1. The van der Waals surface area contributed by atoms with Crippen LogP contribution >= 0.6 is 0 Å². The van der Waals surface area contributed by atoms with Crippen LogP contribution in [0.1, 0.15) is 62.5 Å². The number of hydrogen-bond donors (Lipinski definition) is 1. The normalized spacial score (nSPS) is 19.7. The molecular formula is C15H25NO2. The monoisotopic (exact) mass is 251 g/mol. The Bertz CT molecular complexity index is 340. The fourth-order valence-electron chi connectivity index (χ4n) is 2.89.